The summed E-state index contributed by atoms with van der Waals surface area (Å²) in [5.41, 5.74) is 7.38. The molecule has 3 aromatic rings. The lowest BCUT2D eigenvalue weighted by Gasteiger charge is -2.09. The fourth-order valence-electron chi connectivity index (χ4n) is 2.53. The predicted octanol–water partition coefficient (Wildman–Crippen LogP) is 5.03. The van der Waals surface area contributed by atoms with Gasteiger partial charge in [-0.1, -0.05) is 48.5 Å². The van der Waals surface area contributed by atoms with Crippen molar-refractivity contribution in [3.63, 3.8) is 0 Å². The van der Waals surface area contributed by atoms with Gasteiger partial charge in [0.2, 0.25) is 0 Å². The molecule has 1 heterocycles. The van der Waals surface area contributed by atoms with E-state index in [0.717, 1.165) is 0 Å². The van der Waals surface area contributed by atoms with E-state index in [1.54, 1.807) is 0 Å². The first-order valence-corrected chi connectivity index (χ1v) is 6.83. The van der Waals surface area contributed by atoms with Crippen molar-refractivity contribution in [2.75, 3.05) is 0 Å². The smallest absolute Gasteiger partial charge is 0.0346 e. The van der Waals surface area contributed by atoms with Crippen LogP contribution in [0, 0.1) is 13.8 Å². The van der Waals surface area contributed by atoms with Crippen LogP contribution in [0.2, 0.25) is 0 Å². The molecule has 0 unspecified atom stereocenters. The molecule has 2 aromatic carbocycles. The van der Waals surface area contributed by atoms with Gasteiger partial charge in [-0.3, -0.25) is 4.98 Å². The average molecular weight is 259 g/mol. The molecule has 1 heteroatoms. The molecule has 0 fully saturated rings. The van der Waals surface area contributed by atoms with E-state index in [0.29, 0.717) is 0 Å². The molecular weight excluding hydrogens is 242 g/mol. The number of nitrogens with zero attached hydrogens (tertiary/aromatic N) is 1. The van der Waals surface area contributed by atoms with Gasteiger partial charge in [0.25, 0.3) is 0 Å². The van der Waals surface area contributed by atoms with Crippen molar-refractivity contribution in [2.45, 2.75) is 13.8 Å². The summed E-state index contributed by atoms with van der Waals surface area (Å²) >= 11 is 0. The summed E-state index contributed by atoms with van der Waals surface area (Å²) in [5, 5.41) is 0. The average Bonchev–Trinajstić information content (AvgIpc) is 2.48. The Balaban J connectivity index is 2.12. The number of pyridine rings is 1. The largest absolute Gasteiger partial charge is 0.263 e. The van der Waals surface area contributed by atoms with Crippen molar-refractivity contribution in [1.82, 2.24) is 4.98 Å². The molecule has 0 amide bonds. The van der Waals surface area contributed by atoms with Gasteiger partial charge in [0.1, 0.15) is 0 Å². The summed E-state index contributed by atoms with van der Waals surface area (Å²) in [5.74, 6) is 0. The maximum atomic E-state index is 4.42. The topological polar surface area (TPSA) is 12.9 Å². The van der Waals surface area contributed by atoms with Crippen LogP contribution in [-0.4, -0.2) is 4.98 Å². The summed E-state index contributed by atoms with van der Waals surface area (Å²) in [6.07, 6.45) is 3.87. The fraction of sp³-hybridized carbons (Fsp3) is 0.105. The highest BCUT2D eigenvalue weighted by Crippen LogP contribution is 2.28. The zero-order chi connectivity index (χ0) is 13.9. The summed E-state index contributed by atoms with van der Waals surface area (Å²) in [7, 11) is 0. The van der Waals surface area contributed by atoms with Crippen molar-refractivity contribution in [2.24, 2.45) is 0 Å². The van der Waals surface area contributed by atoms with Gasteiger partial charge >= 0.3 is 0 Å². The van der Waals surface area contributed by atoms with Crippen molar-refractivity contribution in [3.05, 3.63) is 78.1 Å². The quantitative estimate of drug-likeness (QED) is 0.628. The molecule has 20 heavy (non-hydrogen) atoms. The zero-order valence-corrected chi connectivity index (χ0v) is 11.8. The van der Waals surface area contributed by atoms with Crippen LogP contribution >= 0.6 is 0 Å². The van der Waals surface area contributed by atoms with Crippen LogP contribution in [0.4, 0.5) is 0 Å². The van der Waals surface area contributed by atoms with Gasteiger partial charge in [-0.2, -0.15) is 0 Å². The third kappa shape index (κ3) is 2.35. The van der Waals surface area contributed by atoms with Crippen LogP contribution in [-0.2, 0) is 0 Å². The predicted molar refractivity (Wildman–Crippen MR) is 84.6 cm³/mol. The van der Waals surface area contributed by atoms with Crippen LogP contribution < -0.4 is 0 Å². The molecule has 0 N–H and O–H groups in total. The molecule has 3 rings (SSSR count). The van der Waals surface area contributed by atoms with E-state index in [1.807, 2.05) is 12.4 Å². The Morgan fingerprint density at radius 1 is 0.650 bits per heavy atom. The van der Waals surface area contributed by atoms with E-state index in [-0.39, 0.29) is 0 Å². The van der Waals surface area contributed by atoms with E-state index >= 15 is 0 Å². The van der Waals surface area contributed by atoms with E-state index in [9.17, 15) is 0 Å². The first-order valence-electron chi connectivity index (χ1n) is 6.83. The van der Waals surface area contributed by atoms with Gasteiger partial charge in [0, 0.05) is 23.5 Å². The Morgan fingerprint density at radius 2 is 1.10 bits per heavy atom. The van der Waals surface area contributed by atoms with Crippen molar-refractivity contribution >= 4 is 0 Å². The number of hydrogen-bond donors (Lipinski definition) is 0. The van der Waals surface area contributed by atoms with E-state index in [1.165, 1.54) is 33.4 Å². The Hall–Kier alpha value is -2.41. The van der Waals surface area contributed by atoms with Gasteiger partial charge in [-0.25, -0.2) is 0 Å². The Morgan fingerprint density at radius 3 is 1.55 bits per heavy atom. The van der Waals surface area contributed by atoms with Crippen LogP contribution in [0.1, 0.15) is 11.1 Å². The maximum Gasteiger partial charge on any atom is 0.0346 e. The highest BCUT2D eigenvalue weighted by atomic mass is 14.6. The monoisotopic (exact) mass is 259 g/mol. The molecule has 0 radical (unpaired) electrons. The minimum atomic E-state index is 1.17. The molecule has 0 spiro atoms. The van der Waals surface area contributed by atoms with Gasteiger partial charge in [0.15, 0.2) is 0 Å². The molecule has 0 bridgehead atoms. The lowest BCUT2D eigenvalue weighted by atomic mass is 9.97. The van der Waals surface area contributed by atoms with Gasteiger partial charge in [-0.15, -0.1) is 0 Å². The minimum absolute atomic E-state index is 1.17. The Bertz CT molecular complexity index is 683. The molecule has 0 saturated carbocycles. The lowest BCUT2D eigenvalue weighted by molar-refractivity contribution is 1.31. The number of aryl methyl sites for hydroxylation is 2. The van der Waals surface area contributed by atoms with Crippen LogP contribution in [0.15, 0.2) is 67.0 Å². The second-order valence-corrected chi connectivity index (χ2v) is 5.09. The molecule has 0 aliphatic carbocycles. The third-order valence-corrected chi connectivity index (χ3v) is 3.65. The van der Waals surface area contributed by atoms with E-state index in [2.05, 4.69) is 73.4 Å². The Labute approximate surface area is 119 Å². The molecule has 1 aromatic heterocycles. The number of aromatic nitrogens is 1. The van der Waals surface area contributed by atoms with Gasteiger partial charge in [0.05, 0.1) is 0 Å². The highest BCUT2D eigenvalue weighted by molar-refractivity contribution is 5.74. The van der Waals surface area contributed by atoms with Crippen LogP contribution in [0.25, 0.3) is 22.3 Å². The third-order valence-electron chi connectivity index (χ3n) is 3.65. The fourth-order valence-corrected chi connectivity index (χ4v) is 2.53. The van der Waals surface area contributed by atoms with Crippen molar-refractivity contribution in [3.8, 4) is 22.3 Å². The summed E-state index contributed by atoms with van der Waals surface area (Å²) in [4.78, 5) is 4.42. The molecule has 0 atom stereocenters. The van der Waals surface area contributed by atoms with Crippen molar-refractivity contribution < 1.29 is 0 Å². The standard InChI is InChI=1S/C19H17N/c1-14-7-3-5-9-18(14)16-11-17(13-20-12-16)19-10-6-4-8-15(19)2/h3-13H,1-2H3. The van der Waals surface area contributed by atoms with E-state index < -0.39 is 0 Å². The molecule has 0 aliphatic rings. The molecular formula is C19H17N. The maximum absolute atomic E-state index is 4.42. The normalized spacial score (nSPS) is 10.5. The first-order chi connectivity index (χ1) is 9.75. The second kappa shape index (κ2) is 5.30. The number of hydrogen-bond acceptors (Lipinski definition) is 1. The van der Waals surface area contributed by atoms with Gasteiger partial charge < -0.3 is 0 Å². The minimum Gasteiger partial charge on any atom is -0.263 e. The molecule has 0 saturated heterocycles. The molecule has 0 aliphatic heterocycles. The number of rotatable bonds is 2. The molecule has 1 nitrogen and oxygen atoms in total. The van der Waals surface area contributed by atoms with E-state index in [4.69, 9.17) is 0 Å². The SMILES string of the molecule is Cc1ccccc1-c1cncc(-c2ccccc2C)c1. The van der Waals surface area contributed by atoms with Crippen LogP contribution in [0.3, 0.4) is 0 Å². The summed E-state index contributed by atoms with van der Waals surface area (Å²) < 4.78 is 0. The van der Waals surface area contributed by atoms with Crippen molar-refractivity contribution in [1.29, 1.82) is 0 Å². The van der Waals surface area contributed by atoms with Crippen LogP contribution in [0.5, 0.6) is 0 Å². The lowest BCUT2D eigenvalue weighted by Crippen LogP contribution is -1.88. The summed E-state index contributed by atoms with van der Waals surface area (Å²) in [6, 6.07) is 19.1. The highest BCUT2D eigenvalue weighted by Gasteiger charge is 2.05. The molecule has 98 valence electrons. The van der Waals surface area contributed by atoms with Gasteiger partial charge in [-0.05, 0) is 42.2 Å². The second-order valence-electron chi connectivity index (χ2n) is 5.09. The Kier molecular flexibility index (Phi) is 3.34. The first kappa shape index (κ1) is 12.6. The number of benzene rings is 2. The zero-order valence-electron chi connectivity index (χ0n) is 11.8. The summed E-state index contributed by atoms with van der Waals surface area (Å²) in [6.45, 7) is 4.27.